The zero-order chi connectivity index (χ0) is 9.97. The fraction of sp³-hybridized carbons (Fsp3) is 0. The molecular formula is C13H8O. The van der Waals surface area contributed by atoms with Crippen LogP contribution in [0.4, 0.5) is 0 Å². The van der Waals surface area contributed by atoms with Gasteiger partial charge in [-0.2, -0.15) is 0 Å². The molecule has 66 valence electrons. The summed E-state index contributed by atoms with van der Waals surface area (Å²) in [5.74, 6) is 2.51. The van der Waals surface area contributed by atoms with Crippen molar-refractivity contribution in [1.29, 1.82) is 0 Å². The summed E-state index contributed by atoms with van der Waals surface area (Å²) in [6.45, 7) is 0. The van der Waals surface area contributed by atoms with Crippen LogP contribution in [0.5, 0.6) is 0 Å². The highest BCUT2D eigenvalue weighted by molar-refractivity contribution is 5.92. The number of terminal acetylenes is 1. The van der Waals surface area contributed by atoms with Crippen LogP contribution in [0.25, 0.3) is 10.8 Å². The van der Waals surface area contributed by atoms with Crippen LogP contribution < -0.4 is 0 Å². The molecule has 0 radical (unpaired) electrons. The third-order valence-corrected chi connectivity index (χ3v) is 2.20. The van der Waals surface area contributed by atoms with Crippen LogP contribution in [0.3, 0.4) is 0 Å². The molecule has 14 heavy (non-hydrogen) atoms. The van der Waals surface area contributed by atoms with Gasteiger partial charge in [0.1, 0.15) is 0 Å². The number of hydrogen-bond acceptors (Lipinski definition) is 1. The average Bonchev–Trinajstić information content (AvgIpc) is 2.27. The summed E-state index contributed by atoms with van der Waals surface area (Å²) >= 11 is 0. The Labute approximate surface area is 82.4 Å². The predicted molar refractivity (Wildman–Crippen MR) is 57.3 cm³/mol. The summed E-state index contributed by atoms with van der Waals surface area (Å²) < 4.78 is 0. The number of fused-ring (bicyclic) bond motifs is 1. The lowest BCUT2D eigenvalue weighted by atomic mass is 10.0. The maximum atomic E-state index is 10.7. The molecule has 0 aliphatic carbocycles. The van der Waals surface area contributed by atoms with Crippen molar-refractivity contribution in [3.63, 3.8) is 0 Å². The van der Waals surface area contributed by atoms with Gasteiger partial charge in [0, 0.05) is 11.1 Å². The zero-order valence-corrected chi connectivity index (χ0v) is 7.53. The van der Waals surface area contributed by atoms with E-state index in [1.807, 2.05) is 36.4 Å². The van der Waals surface area contributed by atoms with Crippen LogP contribution >= 0.6 is 0 Å². The van der Waals surface area contributed by atoms with Crippen molar-refractivity contribution >= 4 is 17.1 Å². The van der Waals surface area contributed by atoms with E-state index in [2.05, 4.69) is 5.92 Å². The lowest BCUT2D eigenvalue weighted by Crippen LogP contribution is -1.87. The maximum absolute atomic E-state index is 10.7. The second-order valence-electron chi connectivity index (χ2n) is 3.05. The number of carbonyl (C=O) groups excluding carboxylic acids is 1. The molecular weight excluding hydrogens is 172 g/mol. The van der Waals surface area contributed by atoms with E-state index in [0.717, 1.165) is 17.1 Å². The summed E-state index contributed by atoms with van der Waals surface area (Å²) in [7, 11) is 0. The summed E-state index contributed by atoms with van der Waals surface area (Å²) in [6.07, 6.45) is 6.10. The Morgan fingerprint density at radius 3 is 2.36 bits per heavy atom. The molecule has 1 nitrogen and oxygen atoms in total. The molecule has 0 N–H and O–H groups in total. The minimum absolute atomic E-state index is 0.575. The fourth-order valence-corrected chi connectivity index (χ4v) is 1.48. The highest BCUT2D eigenvalue weighted by atomic mass is 16.1. The largest absolute Gasteiger partial charge is 0.298 e. The molecule has 0 aliphatic heterocycles. The third kappa shape index (κ3) is 1.27. The van der Waals surface area contributed by atoms with E-state index in [1.54, 1.807) is 0 Å². The van der Waals surface area contributed by atoms with Crippen LogP contribution in [-0.4, -0.2) is 6.29 Å². The standard InChI is InChI=1S/C13H8O/c1-2-10-7-11-5-3-4-6-12(11)8-13(10)9-14/h1,3-9H. The minimum Gasteiger partial charge on any atom is -0.298 e. The summed E-state index contributed by atoms with van der Waals surface area (Å²) in [5.41, 5.74) is 1.23. The van der Waals surface area contributed by atoms with E-state index < -0.39 is 0 Å². The average molecular weight is 180 g/mol. The van der Waals surface area contributed by atoms with Crippen LogP contribution in [0.15, 0.2) is 36.4 Å². The molecule has 0 saturated carbocycles. The molecule has 2 rings (SSSR count). The molecule has 0 bridgehead atoms. The van der Waals surface area contributed by atoms with Gasteiger partial charge in [-0.15, -0.1) is 6.42 Å². The second kappa shape index (κ2) is 3.35. The molecule has 0 unspecified atom stereocenters. The smallest absolute Gasteiger partial charge is 0.151 e. The van der Waals surface area contributed by atoms with Gasteiger partial charge < -0.3 is 0 Å². The van der Waals surface area contributed by atoms with E-state index in [0.29, 0.717) is 11.1 Å². The molecule has 0 atom stereocenters. The molecule has 0 aliphatic rings. The number of aldehydes is 1. The molecule has 0 saturated heterocycles. The van der Waals surface area contributed by atoms with Gasteiger partial charge >= 0.3 is 0 Å². The maximum Gasteiger partial charge on any atom is 0.151 e. The first-order chi connectivity index (χ1) is 6.85. The van der Waals surface area contributed by atoms with Crippen LogP contribution in [0.1, 0.15) is 15.9 Å². The van der Waals surface area contributed by atoms with E-state index in [9.17, 15) is 4.79 Å². The summed E-state index contributed by atoms with van der Waals surface area (Å²) in [5, 5.41) is 2.10. The second-order valence-corrected chi connectivity index (χ2v) is 3.05. The molecule has 0 amide bonds. The van der Waals surface area contributed by atoms with Gasteiger partial charge in [-0.1, -0.05) is 30.2 Å². The van der Waals surface area contributed by atoms with Crippen molar-refractivity contribution in [2.24, 2.45) is 0 Å². The first kappa shape index (κ1) is 8.52. The van der Waals surface area contributed by atoms with Gasteiger partial charge in [0.15, 0.2) is 6.29 Å². The summed E-state index contributed by atoms with van der Waals surface area (Å²) in [4.78, 5) is 10.7. The van der Waals surface area contributed by atoms with Crippen LogP contribution in [-0.2, 0) is 0 Å². The van der Waals surface area contributed by atoms with E-state index >= 15 is 0 Å². The Kier molecular flexibility index (Phi) is 2.04. The van der Waals surface area contributed by atoms with Gasteiger partial charge in [-0.25, -0.2) is 0 Å². The Hall–Kier alpha value is -2.07. The molecule has 2 aromatic rings. The fourth-order valence-electron chi connectivity index (χ4n) is 1.48. The van der Waals surface area contributed by atoms with Gasteiger partial charge in [0.05, 0.1) is 0 Å². The molecule has 0 aromatic heterocycles. The Morgan fingerprint density at radius 2 is 1.79 bits per heavy atom. The van der Waals surface area contributed by atoms with Crippen molar-refractivity contribution in [2.45, 2.75) is 0 Å². The Balaban J connectivity index is 2.83. The number of carbonyl (C=O) groups is 1. The summed E-state index contributed by atoms with van der Waals surface area (Å²) in [6, 6.07) is 11.5. The number of rotatable bonds is 1. The van der Waals surface area contributed by atoms with Crippen molar-refractivity contribution in [3.8, 4) is 12.3 Å². The Morgan fingerprint density at radius 1 is 1.14 bits per heavy atom. The number of benzene rings is 2. The van der Waals surface area contributed by atoms with Crippen molar-refractivity contribution in [3.05, 3.63) is 47.5 Å². The van der Waals surface area contributed by atoms with E-state index in [4.69, 9.17) is 6.42 Å². The van der Waals surface area contributed by atoms with Crippen molar-refractivity contribution in [2.75, 3.05) is 0 Å². The van der Waals surface area contributed by atoms with Gasteiger partial charge in [0.2, 0.25) is 0 Å². The predicted octanol–water partition coefficient (Wildman–Crippen LogP) is 2.63. The molecule has 1 heteroatoms. The van der Waals surface area contributed by atoms with E-state index in [-0.39, 0.29) is 0 Å². The normalized spacial score (nSPS) is 9.64. The molecule has 0 heterocycles. The minimum atomic E-state index is 0.575. The first-order valence-electron chi connectivity index (χ1n) is 4.30. The van der Waals surface area contributed by atoms with E-state index in [1.165, 1.54) is 0 Å². The quantitative estimate of drug-likeness (QED) is 0.487. The van der Waals surface area contributed by atoms with Gasteiger partial charge in [-0.05, 0) is 22.9 Å². The van der Waals surface area contributed by atoms with Gasteiger partial charge in [0.25, 0.3) is 0 Å². The Bertz CT molecular complexity index is 532. The molecule has 2 aromatic carbocycles. The van der Waals surface area contributed by atoms with Crippen LogP contribution in [0, 0.1) is 12.3 Å². The zero-order valence-electron chi connectivity index (χ0n) is 7.53. The van der Waals surface area contributed by atoms with Crippen molar-refractivity contribution < 1.29 is 4.79 Å². The highest BCUT2D eigenvalue weighted by Gasteiger charge is 2.00. The molecule has 0 spiro atoms. The lowest BCUT2D eigenvalue weighted by molar-refractivity contribution is 0.112. The third-order valence-electron chi connectivity index (χ3n) is 2.20. The topological polar surface area (TPSA) is 17.1 Å². The van der Waals surface area contributed by atoms with Gasteiger partial charge in [-0.3, -0.25) is 4.79 Å². The molecule has 0 fully saturated rings. The first-order valence-corrected chi connectivity index (χ1v) is 4.30. The van der Waals surface area contributed by atoms with Crippen molar-refractivity contribution in [1.82, 2.24) is 0 Å². The lowest BCUT2D eigenvalue weighted by Gasteiger charge is -2.01. The van der Waals surface area contributed by atoms with Crippen LogP contribution in [0.2, 0.25) is 0 Å². The highest BCUT2D eigenvalue weighted by Crippen LogP contribution is 2.18. The monoisotopic (exact) mass is 180 g/mol. The SMILES string of the molecule is C#Cc1cc2ccccc2cc1C=O. The number of hydrogen-bond donors (Lipinski definition) is 0.